The Labute approximate surface area is 127 Å². The molecule has 0 radical (unpaired) electrons. The van der Waals surface area contributed by atoms with Gasteiger partial charge in [0.2, 0.25) is 0 Å². The van der Waals surface area contributed by atoms with E-state index in [1.807, 2.05) is 48.5 Å². The van der Waals surface area contributed by atoms with Crippen LogP contribution in [0.4, 0.5) is 0 Å². The Hall–Kier alpha value is -3.00. The predicted molar refractivity (Wildman–Crippen MR) is 88.6 cm³/mol. The summed E-state index contributed by atoms with van der Waals surface area (Å²) < 4.78 is 0. The number of allylic oxidation sites excluding steroid dienone is 4. The van der Waals surface area contributed by atoms with E-state index in [0.717, 1.165) is 27.1 Å². The highest BCUT2D eigenvalue weighted by atomic mass is 16.1. The first-order valence-electron chi connectivity index (χ1n) is 7.13. The molecule has 104 valence electrons. The van der Waals surface area contributed by atoms with Gasteiger partial charge in [-0.2, -0.15) is 0 Å². The molecule has 0 fully saturated rings. The Kier molecular flexibility index (Phi) is 2.76. The molecule has 4 rings (SSSR count). The normalized spacial score (nSPS) is 14.6. The van der Waals surface area contributed by atoms with Crippen molar-refractivity contribution in [1.82, 2.24) is 0 Å². The third-order valence-electron chi connectivity index (χ3n) is 4.01. The Balaban J connectivity index is 2.13. The molecule has 3 aromatic rings. The fourth-order valence-corrected chi connectivity index (χ4v) is 3.00. The van der Waals surface area contributed by atoms with Gasteiger partial charge in [0, 0.05) is 5.57 Å². The van der Waals surface area contributed by atoms with Crippen molar-refractivity contribution in [3.63, 3.8) is 0 Å². The van der Waals surface area contributed by atoms with Crippen molar-refractivity contribution in [1.29, 1.82) is 0 Å². The van der Waals surface area contributed by atoms with E-state index in [1.54, 1.807) is 0 Å². The Morgan fingerprint density at radius 3 is 2.18 bits per heavy atom. The van der Waals surface area contributed by atoms with Gasteiger partial charge in [0.1, 0.15) is 0 Å². The number of hydrogen-bond donors (Lipinski definition) is 0. The molecule has 1 aliphatic rings. The maximum atomic E-state index is 12.2. The van der Waals surface area contributed by atoms with Crippen LogP contribution in [0.3, 0.4) is 0 Å². The second-order valence-electron chi connectivity index (χ2n) is 5.35. The zero-order valence-electron chi connectivity index (χ0n) is 11.7. The fraction of sp³-hybridized carbons (Fsp3) is 0. The molecule has 0 aromatic heterocycles. The zero-order chi connectivity index (χ0) is 15.1. The van der Waals surface area contributed by atoms with Gasteiger partial charge in [0.05, 0.1) is 0 Å². The zero-order valence-corrected chi connectivity index (χ0v) is 11.7. The van der Waals surface area contributed by atoms with Crippen LogP contribution in [0.1, 0.15) is 5.56 Å². The van der Waals surface area contributed by atoms with Crippen LogP contribution in [0.2, 0.25) is 0 Å². The van der Waals surface area contributed by atoms with Crippen LogP contribution in [0.15, 0.2) is 72.8 Å². The summed E-state index contributed by atoms with van der Waals surface area (Å²) in [5.41, 5.74) is 1.28. The van der Waals surface area contributed by atoms with E-state index in [2.05, 4.69) is 6.07 Å². The number of benzene rings is 3. The molecule has 0 aliphatic heterocycles. The van der Waals surface area contributed by atoms with Crippen molar-refractivity contribution in [2.75, 3.05) is 0 Å². The summed E-state index contributed by atoms with van der Waals surface area (Å²) in [6.07, 6.45) is 4.09. The Morgan fingerprint density at radius 1 is 0.682 bits per heavy atom. The molecule has 3 aromatic carbocycles. The highest BCUT2D eigenvalue weighted by molar-refractivity contribution is 6.36. The summed E-state index contributed by atoms with van der Waals surface area (Å²) in [4.78, 5) is 23.9. The summed E-state index contributed by atoms with van der Waals surface area (Å²) in [5, 5.41) is 4.29. The quantitative estimate of drug-likeness (QED) is 0.498. The molecule has 0 saturated carbocycles. The fourth-order valence-electron chi connectivity index (χ4n) is 3.00. The molecule has 0 bridgehead atoms. The molecule has 22 heavy (non-hydrogen) atoms. The lowest BCUT2D eigenvalue weighted by Crippen LogP contribution is -2.07. The molecular weight excluding hydrogens is 272 g/mol. The molecule has 0 amide bonds. The third-order valence-corrected chi connectivity index (χ3v) is 4.01. The first-order chi connectivity index (χ1) is 10.7. The van der Waals surface area contributed by atoms with E-state index in [4.69, 9.17) is 0 Å². The standard InChI is InChI=1S/C20H12O2/c21-14-9-10-20(22)19(12-14)18-11-13-5-1-2-6-15(13)16-7-3-4-8-17(16)18/h1-12H. The van der Waals surface area contributed by atoms with Crippen LogP contribution >= 0.6 is 0 Å². The number of carbonyl (C=O) groups excluding carboxylic acids is 2. The van der Waals surface area contributed by atoms with E-state index < -0.39 is 0 Å². The average Bonchev–Trinajstić information content (AvgIpc) is 2.56. The Bertz CT molecular complexity index is 1010. The van der Waals surface area contributed by atoms with Crippen molar-refractivity contribution in [2.24, 2.45) is 0 Å². The highest BCUT2D eigenvalue weighted by Crippen LogP contribution is 2.33. The molecule has 0 saturated heterocycles. The summed E-state index contributed by atoms with van der Waals surface area (Å²) in [6.45, 7) is 0. The van der Waals surface area contributed by atoms with Crippen LogP contribution in [0, 0.1) is 0 Å². The van der Waals surface area contributed by atoms with Gasteiger partial charge in [0.25, 0.3) is 0 Å². The van der Waals surface area contributed by atoms with Crippen LogP contribution < -0.4 is 0 Å². The molecule has 1 aliphatic carbocycles. The van der Waals surface area contributed by atoms with Crippen molar-refractivity contribution in [3.05, 3.63) is 78.4 Å². The molecule has 0 unspecified atom stereocenters. The summed E-state index contributed by atoms with van der Waals surface area (Å²) in [7, 11) is 0. The summed E-state index contributed by atoms with van der Waals surface area (Å²) >= 11 is 0. The summed E-state index contributed by atoms with van der Waals surface area (Å²) in [6, 6.07) is 18.1. The second kappa shape index (κ2) is 4.78. The largest absolute Gasteiger partial charge is 0.290 e. The minimum Gasteiger partial charge on any atom is -0.290 e. The van der Waals surface area contributed by atoms with E-state index in [9.17, 15) is 9.59 Å². The molecule has 0 heterocycles. The van der Waals surface area contributed by atoms with Gasteiger partial charge in [-0.15, -0.1) is 0 Å². The maximum Gasteiger partial charge on any atom is 0.186 e. The van der Waals surface area contributed by atoms with Crippen molar-refractivity contribution >= 4 is 38.7 Å². The number of ketones is 2. The minimum absolute atomic E-state index is 0.125. The molecule has 0 atom stereocenters. The topological polar surface area (TPSA) is 34.1 Å². The van der Waals surface area contributed by atoms with Gasteiger partial charge in [-0.1, -0.05) is 48.5 Å². The van der Waals surface area contributed by atoms with E-state index in [1.165, 1.54) is 18.2 Å². The van der Waals surface area contributed by atoms with Crippen molar-refractivity contribution in [2.45, 2.75) is 0 Å². The smallest absolute Gasteiger partial charge is 0.186 e. The van der Waals surface area contributed by atoms with E-state index >= 15 is 0 Å². The van der Waals surface area contributed by atoms with Gasteiger partial charge < -0.3 is 0 Å². The van der Waals surface area contributed by atoms with Gasteiger partial charge in [0.15, 0.2) is 11.6 Å². The maximum absolute atomic E-state index is 12.2. The average molecular weight is 284 g/mol. The second-order valence-corrected chi connectivity index (χ2v) is 5.35. The summed E-state index contributed by atoms with van der Waals surface area (Å²) in [5.74, 6) is -0.271. The van der Waals surface area contributed by atoms with Gasteiger partial charge in [-0.25, -0.2) is 0 Å². The lowest BCUT2D eigenvalue weighted by atomic mass is 9.89. The van der Waals surface area contributed by atoms with Crippen LogP contribution in [-0.2, 0) is 9.59 Å². The number of fused-ring (bicyclic) bond motifs is 3. The van der Waals surface area contributed by atoms with Crippen LogP contribution in [-0.4, -0.2) is 11.6 Å². The first kappa shape index (κ1) is 12.7. The minimum atomic E-state index is -0.146. The predicted octanol–water partition coefficient (Wildman–Crippen LogP) is 4.08. The number of rotatable bonds is 1. The monoisotopic (exact) mass is 284 g/mol. The van der Waals surface area contributed by atoms with E-state index in [-0.39, 0.29) is 11.6 Å². The third kappa shape index (κ3) is 1.89. The number of carbonyl (C=O) groups is 2. The van der Waals surface area contributed by atoms with Gasteiger partial charge >= 0.3 is 0 Å². The number of hydrogen-bond acceptors (Lipinski definition) is 2. The lowest BCUT2D eigenvalue weighted by Gasteiger charge is -2.13. The Morgan fingerprint density at radius 2 is 1.36 bits per heavy atom. The first-order valence-corrected chi connectivity index (χ1v) is 7.13. The van der Waals surface area contributed by atoms with Gasteiger partial charge in [-0.3, -0.25) is 9.59 Å². The SMILES string of the molecule is O=C1C=CC(=O)C(c2cc3ccccc3c3ccccc23)=C1. The highest BCUT2D eigenvalue weighted by Gasteiger charge is 2.18. The van der Waals surface area contributed by atoms with Crippen molar-refractivity contribution in [3.8, 4) is 0 Å². The molecule has 2 nitrogen and oxygen atoms in total. The van der Waals surface area contributed by atoms with Crippen LogP contribution in [0.5, 0.6) is 0 Å². The van der Waals surface area contributed by atoms with Crippen LogP contribution in [0.25, 0.3) is 27.1 Å². The van der Waals surface area contributed by atoms with Gasteiger partial charge in [-0.05, 0) is 51.4 Å². The van der Waals surface area contributed by atoms with Crippen molar-refractivity contribution < 1.29 is 9.59 Å². The lowest BCUT2D eigenvalue weighted by molar-refractivity contribution is -0.113. The van der Waals surface area contributed by atoms with E-state index in [0.29, 0.717) is 5.57 Å². The molecule has 0 N–H and O–H groups in total. The molecular formula is C20H12O2. The molecule has 0 spiro atoms. The molecule has 2 heteroatoms.